The molecule has 0 aromatic rings. The lowest BCUT2D eigenvalue weighted by atomic mass is 10.0. The highest BCUT2D eigenvalue weighted by molar-refractivity contribution is 8.21. The molecular weight excluding hydrogens is 234 g/mol. The Labute approximate surface area is 101 Å². The van der Waals surface area contributed by atoms with E-state index < -0.39 is 0 Å². The fourth-order valence-electron chi connectivity index (χ4n) is 3.12. The van der Waals surface area contributed by atoms with E-state index in [1.807, 2.05) is 0 Å². The normalized spacial score (nSPS) is 40.1. The summed E-state index contributed by atoms with van der Waals surface area (Å²) in [5.41, 5.74) is 0. The molecule has 0 amide bonds. The van der Waals surface area contributed by atoms with Crippen molar-refractivity contribution in [3.8, 4) is 0 Å². The predicted octanol–water partition coefficient (Wildman–Crippen LogP) is 2.84. The van der Waals surface area contributed by atoms with Gasteiger partial charge in [-0.15, -0.1) is 35.9 Å². The Morgan fingerprint density at radius 3 is 2.07 bits per heavy atom. The van der Waals surface area contributed by atoms with Gasteiger partial charge in [-0.25, -0.2) is 0 Å². The molecule has 2 unspecified atom stereocenters. The highest BCUT2D eigenvalue weighted by Gasteiger charge is 2.48. The fraction of sp³-hybridized carbons (Fsp3) is 1.00. The van der Waals surface area contributed by atoms with Crippen LogP contribution in [0.5, 0.6) is 0 Å². The number of hydrogen-bond donors (Lipinski definition) is 0. The largest absolute Gasteiger partial charge is 0.300 e. The Morgan fingerprint density at radius 2 is 1.57 bits per heavy atom. The van der Waals surface area contributed by atoms with Crippen molar-refractivity contribution in [2.45, 2.75) is 41.8 Å². The molecule has 3 rings (SSSR count). The third kappa shape index (κ3) is 1.70. The minimum Gasteiger partial charge on any atom is -0.300 e. The van der Waals surface area contributed by atoms with E-state index in [2.05, 4.69) is 35.5 Å². The predicted molar refractivity (Wildman–Crippen MR) is 68.7 cm³/mol. The molecule has 1 spiro atoms. The van der Waals surface area contributed by atoms with Crippen LogP contribution in [0.3, 0.4) is 0 Å². The monoisotopic (exact) mass is 251 g/mol. The van der Waals surface area contributed by atoms with Gasteiger partial charge >= 0.3 is 0 Å². The molecule has 3 heterocycles. The first kappa shape index (κ1) is 11.4. The van der Waals surface area contributed by atoms with Crippen molar-refractivity contribution in [3.63, 3.8) is 0 Å². The SMILES string of the molecule is CN1C2CCC1CC1(C2)SCCS1.Cl. The van der Waals surface area contributed by atoms with Gasteiger partial charge in [-0.2, -0.15) is 0 Å². The highest BCUT2D eigenvalue weighted by atomic mass is 35.5. The van der Waals surface area contributed by atoms with E-state index >= 15 is 0 Å². The van der Waals surface area contributed by atoms with Gasteiger partial charge < -0.3 is 4.90 Å². The zero-order valence-corrected chi connectivity index (χ0v) is 11.0. The van der Waals surface area contributed by atoms with Crippen molar-refractivity contribution in [1.29, 1.82) is 0 Å². The summed E-state index contributed by atoms with van der Waals surface area (Å²) in [7, 11) is 2.33. The smallest absolute Gasteiger partial charge is 0.0641 e. The van der Waals surface area contributed by atoms with Crippen LogP contribution in [0.2, 0.25) is 0 Å². The fourth-order valence-corrected chi connectivity index (χ4v) is 6.60. The zero-order valence-electron chi connectivity index (χ0n) is 8.57. The summed E-state index contributed by atoms with van der Waals surface area (Å²) in [6, 6.07) is 1.83. The van der Waals surface area contributed by atoms with Crippen LogP contribution in [-0.4, -0.2) is 39.6 Å². The van der Waals surface area contributed by atoms with Gasteiger partial charge in [0.2, 0.25) is 0 Å². The third-order valence-corrected chi connectivity index (χ3v) is 7.39. The Bertz CT molecular complexity index is 202. The van der Waals surface area contributed by atoms with Gasteiger partial charge in [0.05, 0.1) is 4.08 Å². The number of piperidine rings is 1. The van der Waals surface area contributed by atoms with Crippen molar-refractivity contribution in [2.24, 2.45) is 0 Å². The lowest BCUT2D eigenvalue weighted by molar-refractivity contribution is 0.176. The van der Waals surface area contributed by atoms with Gasteiger partial charge in [0.25, 0.3) is 0 Å². The summed E-state index contributed by atoms with van der Waals surface area (Å²) < 4.78 is 0.651. The van der Waals surface area contributed by atoms with Crippen LogP contribution in [0.4, 0.5) is 0 Å². The second kappa shape index (κ2) is 4.08. The molecule has 0 saturated carbocycles. The molecule has 0 aliphatic carbocycles. The molecule has 2 atom stereocenters. The molecule has 3 fully saturated rings. The Balaban J connectivity index is 0.000000750. The molecule has 0 radical (unpaired) electrons. The Kier molecular flexibility index (Phi) is 3.33. The highest BCUT2D eigenvalue weighted by Crippen LogP contribution is 2.56. The van der Waals surface area contributed by atoms with Gasteiger partial charge in [-0.1, -0.05) is 0 Å². The summed E-state index contributed by atoms with van der Waals surface area (Å²) >= 11 is 4.50. The average molecular weight is 252 g/mol. The molecular formula is C10H18ClNS2. The van der Waals surface area contributed by atoms with Crippen LogP contribution in [0.25, 0.3) is 0 Å². The van der Waals surface area contributed by atoms with Crippen LogP contribution in [0.1, 0.15) is 25.7 Å². The van der Waals surface area contributed by atoms with Crippen molar-refractivity contribution in [2.75, 3.05) is 18.6 Å². The first-order valence-corrected chi connectivity index (χ1v) is 7.26. The van der Waals surface area contributed by atoms with Crippen LogP contribution in [-0.2, 0) is 0 Å². The van der Waals surface area contributed by atoms with Gasteiger partial charge in [0, 0.05) is 23.6 Å². The van der Waals surface area contributed by atoms with Crippen molar-refractivity contribution in [3.05, 3.63) is 0 Å². The third-order valence-electron chi connectivity index (χ3n) is 3.89. The number of fused-ring (bicyclic) bond motifs is 2. The molecule has 82 valence electrons. The van der Waals surface area contributed by atoms with Crippen LogP contribution >= 0.6 is 35.9 Å². The molecule has 0 N–H and O–H groups in total. The molecule has 3 saturated heterocycles. The minimum atomic E-state index is 0. The van der Waals surface area contributed by atoms with E-state index in [4.69, 9.17) is 0 Å². The first-order chi connectivity index (χ1) is 6.29. The van der Waals surface area contributed by atoms with Crippen LogP contribution in [0.15, 0.2) is 0 Å². The van der Waals surface area contributed by atoms with Crippen molar-refractivity contribution < 1.29 is 0 Å². The van der Waals surface area contributed by atoms with Crippen LogP contribution < -0.4 is 0 Å². The van der Waals surface area contributed by atoms with Gasteiger partial charge in [0.1, 0.15) is 0 Å². The van der Waals surface area contributed by atoms with Gasteiger partial charge in [-0.05, 0) is 32.7 Å². The lowest BCUT2D eigenvalue weighted by Gasteiger charge is -2.42. The Hall–Kier alpha value is 0.950. The maximum atomic E-state index is 2.64. The van der Waals surface area contributed by atoms with Crippen LogP contribution in [0, 0.1) is 0 Å². The summed E-state index contributed by atoms with van der Waals surface area (Å²) in [4.78, 5) is 2.64. The standard InChI is InChI=1S/C10H17NS2.ClH/c1-11-8-2-3-9(11)7-10(6-8)12-4-5-13-10;/h8-9H,2-7H2,1H3;1H. The van der Waals surface area contributed by atoms with Gasteiger partial charge in [-0.3, -0.25) is 0 Å². The molecule has 1 nitrogen and oxygen atoms in total. The molecule has 14 heavy (non-hydrogen) atoms. The number of nitrogens with zero attached hydrogens (tertiary/aromatic N) is 1. The summed E-state index contributed by atoms with van der Waals surface area (Å²) in [6.07, 6.45) is 5.83. The molecule has 3 aliphatic rings. The molecule has 0 aromatic carbocycles. The van der Waals surface area contributed by atoms with E-state index in [9.17, 15) is 0 Å². The lowest BCUT2D eigenvalue weighted by Crippen LogP contribution is -2.45. The minimum absolute atomic E-state index is 0. The van der Waals surface area contributed by atoms with E-state index in [1.54, 1.807) is 0 Å². The van der Waals surface area contributed by atoms with Gasteiger partial charge in [0.15, 0.2) is 0 Å². The van der Waals surface area contributed by atoms with E-state index in [1.165, 1.54) is 37.2 Å². The summed E-state index contributed by atoms with van der Waals surface area (Å²) in [5, 5.41) is 0. The Morgan fingerprint density at radius 1 is 1.07 bits per heavy atom. The van der Waals surface area contributed by atoms with E-state index in [-0.39, 0.29) is 12.4 Å². The maximum Gasteiger partial charge on any atom is 0.0641 e. The molecule has 0 aromatic heterocycles. The van der Waals surface area contributed by atoms with Crippen molar-refractivity contribution >= 4 is 35.9 Å². The molecule has 4 heteroatoms. The average Bonchev–Trinajstić information content (AvgIpc) is 2.60. The van der Waals surface area contributed by atoms with E-state index in [0.717, 1.165) is 12.1 Å². The first-order valence-electron chi connectivity index (χ1n) is 5.29. The quantitative estimate of drug-likeness (QED) is 0.652. The number of rotatable bonds is 0. The topological polar surface area (TPSA) is 3.24 Å². The number of hydrogen-bond acceptors (Lipinski definition) is 3. The van der Waals surface area contributed by atoms with Crippen molar-refractivity contribution in [1.82, 2.24) is 4.90 Å². The second-order valence-electron chi connectivity index (χ2n) is 4.57. The zero-order chi connectivity index (χ0) is 8.89. The van der Waals surface area contributed by atoms with E-state index in [0.29, 0.717) is 4.08 Å². The summed E-state index contributed by atoms with van der Waals surface area (Å²) in [5.74, 6) is 2.79. The number of thioether (sulfide) groups is 2. The summed E-state index contributed by atoms with van der Waals surface area (Å²) in [6.45, 7) is 0. The number of halogens is 1. The second-order valence-corrected chi connectivity index (χ2v) is 7.78. The maximum absolute atomic E-state index is 2.64. The molecule has 2 bridgehead atoms. The molecule has 3 aliphatic heterocycles.